The quantitative estimate of drug-likeness (QED) is 0.589. The van der Waals surface area contributed by atoms with Gasteiger partial charge in [-0.15, -0.1) is 0 Å². The van der Waals surface area contributed by atoms with Crippen LogP contribution in [-0.4, -0.2) is 53.5 Å². The minimum Gasteiger partial charge on any atom is -0.351 e. The average Bonchev–Trinajstić information content (AvgIpc) is 3.76. The van der Waals surface area contributed by atoms with E-state index in [1.165, 1.54) is 12.0 Å². The summed E-state index contributed by atoms with van der Waals surface area (Å²) < 4.78 is 1.89. The highest BCUT2D eigenvalue weighted by molar-refractivity contribution is 5.99. The first-order valence-electron chi connectivity index (χ1n) is 13.7. The summed E-state index contributed by atoms with van der Waals surface area (Å²) in [5, 5.41) is 5.98. The predicted octanol–water partition coefficient (Wildman–Crippen LogP) is 3.86. The zero-order valence-electron chi connectivity index (χ0n) is 21.1. The highest BCUT2D eigenvalue weighted by atomic mass is 16.2. The van der Waals surface area contributed by atoms with Crippen molar-refractivity contribution in [1.82, 2.24) is 20.1 Å². The van der Waals surface area contributed by atoms with Gasteiger partial charge in [0.2, 0.25) is 5.43 Å². The van der Waals surface area contributed by atoms with Crippen LogP contribution in [0.1, 0.15) is 96.0 Å². The Labute approximate surface area is 213 Å². The Morgan fingerprint density at radius 3 is 2.17 bits per heavy atom. The zero-order chi connectivity index (χ0) is 24.9. The number of benzene rings is 1. The van der Waals surface area contributed by atoms with E-state index in [0.717, 1.165) is 71.0 Å². The van der Waals surface area contributed by atoms with E-state index < -0.39 is 5.43 Å². The van der Waals surface area contributed by atoms with Crippen molar-refractivity contribution in [2.45, 2.75) is 75.8 Å². The average molecular weight is 491 g/mol. The van der Waals surface area contributed by atoms with Crippen LogP contribution >= 0.6 is 0 Å². The van der Waals surface area contributed by atoms with E-state index in [-0.39, 0.29) is 35.0 Å². The van der Waals surface area contributed by atoms with Crippen molar-refractivity contribution in [1.29, 1.82) is 0 Å². The number of piperidine rings is 1. The number of likely N-dealkylation sites (tertiary alicyclic amines) is 1. The van der Waals surface area contributed by atoms with Crippen LogP contribution < -0.4 is 16.1 Å². The van der Waals surface area contributed by atoms with E-state index in [2.05, 4.69) is 45.9 Å². The summed E-state index contributed by atoms with van der Waals surface area (Å²) in [7, 11) is 0. The number of aromatic nitrogens is 1. The number of nitrogens with zero attached hydrogens (tertiary/aromatic N) is 2. The first kappa shape index (κ1) is 24.8. The molecule has 2 heterocycles. The van der Waals surface area contributed by atoms with Crippen molar-refractivity contribution in [2.75, 3.05) is 26.2 Å². The van der Waals surface area contributed by atoms with Gasteiger partial charge in [0.15, 0.2) is 0 Å². The van der Waals surface area contributed by atoms with Crippen LogP contribution in [0, 0.1) is 0 Å². The maximum atomic E-state index is 13.2. The van der Waals surface area contributed by atoms with E-state index in [9.17, 15) is 14.4 Å². The summed E-state index contributed by atoms with van der Waals surface area (Å²) in [6.07, 6.45) is 12.8. The molecule has 2 aromatic rings. The van der Waals surface area contributed by atoms with Crippen LogP contribution in [0.3, 0.4) is 0 Å². The zero-order valence-corrected chi connectivity index (χ0v) is 21.1. The third-order valence-corrected chi connectivity index (χ3v) is 8.02. The molecule has 2 amide bonds. The number of pyridine rings is 1. The smallest absolute Gasteiger partial charge is 0.256 e. The minimum atomic E-state index is -0.471. The molecule has 2 saturated carbocycles. The molecule has 1 aromatic carbocycles. The van der Waals surface area contributed by atoms with Crippen LogP contribution in [0.15, 0.2) is 47.5 Å². The highest BCUT2D eigenvalue weighted by Gasteiger charge is 2.28. The van der Waals surface area contributed by atoms with Crippen molar-refractivity contribution >= 4 is 11.8 Å². The lowest BCUT2D eigenvalue weighted by Crippen LogP contribution is -2.42. The minimum absolute atomic E-state index is 0.0704. The van der Waals surface area contributed by atoms with Crippen LogP contribution in [0.25, 0.3) is 0 Å². The summed E-state index contributed by atoms with van der Waals surface area (Å²) >= 11 is 0. The van der Waals surface area contributed by atoms with E-state index in [4.69, 9.17) is 0 Å². The molecule has 7 heteroatoms. The SMILES string of the molecule is O=C(NCCN1CCC(c2ccccc2)CC1)c1cn(C2CC2)cc(C(=O)NC2CCCCC2)c1=O. The second-order valence-electron chi connectivity index (χ2n) is 10.7. The highest BCUT2D eigenvalue weighted by Crippen LogP contribution is 2.34. The van der Waals surface area contributed by atoms with Gasteiger partial charge in [-0.1, -0.05) is 49.6 Å². The molecule has 36 heavy (non-hydrogen) atoms. The lowest BCUT2D eigenvalue weighted by molar-refractivity contribution is 0.0925. The molecule has 1 saturated heterocycles. The fraction of sp³-hybridized carbons (Fsp3) is 0.552. The molecule has 5 rings (SSSR count). The lowest BCUT2D eigenvalue weighted by Gasteiger charge is -2.32. The van der Waals surface area contributed by atoms with Gasteiger partial charge >= 0.3 is 0 Å². The Morgan fingerprint density at radius 1 is 0.833 bits per heavy atom. The maximum Gasteiger partial charge on any atom is 0.256 e. The summed E-state index contributed by atoms with van der Waals surface area (Å²) in [5.74, 6) is -0.140. The largest absolute Gasteiger partial charge is 0.351 e. The molecule has 7 nitrogen and oxygen atoms in total. The van der Waals surface area contributed by atoms with Gasteiger partial charge in [-0.2, -0.15) is 0 Å². The molecule has 0 radical (unpaired) electrons. The van der Waals surface area contributed by atoms with Gasteiger partial charge in [-0.25, -0.2) is 0 Å². The molecule has 1 aliphatic heterocycles. The summed E-state index contributed by atoms with van der Waals surface area (Å²) in [4.78, 5) is 41.6. The normalized spacial score (nSPS) is 19.7. The summed E-state index contributed by atoms with van der Waals surface area (Å²) in [5.41, 5.74) is 1.09. The molecule has 3 aliphatic rings. The molecule has 0 spiro atoms. The van der Waals surface area contributed by atoms with Crippen LogP contribution in [0.5, 0.6) is 0 Å². The van der Waals surface area contributed by atoms with E-state index in [1.54, 1.807) is 12.4 Å². The fourth-order valence-electron chi connectivity index (χ4n) is 5.65. The first-order chi connectivity index (χ1) is 17.6. The molecule has 0 bridgehead atoms. The van der Waals surface area contributed by atoms with Crippen LogP contribution in [-0.2, 0) is 0 Å². The van der Waals surface area contributed by atoms with Crippen molar-refractivity contribution in [3.8, 4) is 0 Å². The van der Waals surface area contributed by atoms with Crippen molar-refractivity contribution in [3.05, 3.63) is 69.6 Å². The predicted molar refractivity (Wildman–Crippen MR) is 141 cm³/mol. The molecule has 1 aromatic heterocycles. The monoisotopic (exact) mass is 490 g/mol. The van der Waals surface area contributed by atoms with Gasteiger partial charge in [-0.05, 0) is 63.1 Å². The van der Waals surface area contributed by atoms with Gasteiger partial charge in [-0.3, -0.25) is 14.4 Å². The molecule has 3 fully saturated rings. The third-order valence-electron chi connectivity index (χ3n) is 8.02. The second-order valence-corrected chi connectivity index (χ2v) is 10.7. The summed E-state index contributed by atoms with van der Waals surface area (Å²) in [6, 6.07) is 11.1. The Hall–Kier alpha value is -2.93. The number of carbonyl (C=O) groups is 2. The van der Waals surface area contributed by atoms with Gasteiger partial charge < -0.3 is 20.1 Å². The second kappa shape index (κ2) is 11.4. The van der Waals surface area contributed by atoms with Gasteiger partial charge in [0.1, 0.15) is 11.1 Å². The Morgan fingerprint density at radius 2 is 1.50 bits per heavy atom. The molecule has 192 valence electrons. The van der Waals surface area contributed by atoms with E-state index in [1.807, 2.05) is 4.57 Å². The van der Waals surface area contributed by atoms with Crippen LogP contribution in [0.4, 0.5) is 0 Å². The fourth-order valence-corrected chi connectivity index (χ4v) is 5.65. The molecule has 2 N–H and O–H groups in total. The van der Waals surface area contributed by atoms with Gasteiger partial charge in [0, 0.05) is 37.6 Å². The van der Waals surface area contributed by atoms with E-state index >= 15 is 0 Å². The maximum absolute atomic E-state index is 13.2. The van der Waals surface area contributed by atoms with E-state index in [0.29, 0.717) is 12.5 Å². The Kier molecular flexibility index (Phi) is 7.85. The molecule has 0 unspecified atom stereocenters. The standard InChI is InChI=1S/C29H38N4O3/c34-27-25(19-33(24-11-12-24)20-26(27)29(36)31-23-9-5-2-6-10-23)28(35)30-15-18-32-16-13-22(14-17-32)21-7-3-1-4-8-21/h1,3-4,7-8,19-20,22-24H,2,5-6,9-18H2,(H,30,35)(H,31,36). The number of rotatable bonds is 8. The molecular formula is C29H38N4O3. The van der Waals surface area contributed by atoms with Crippen molar-refractivity contribution < 1.29 is 9.59 Å². The number of nitrogens with one attached hydrogen (secondary N) is 2. The third kappa shape index (κ3) is 6.06. The molecule has 2 aliphatic carbocycles. The Bertz CT molecular complexity index is 1110. The van der Waals surface area contributed by atoms with Gasteiger partial charge in [0.05, 0.1) is 0 Å². The number of hydrogen-bond acceptors (Lipinski definition) is 4. The number of amides is 2. The first-order valence-corrected chi connectivity index (χ1v) is 13.7. The number of carbonyl (C=O) groups excluding carboxylic acids is 2. The van der Waals surface area contributed by atoms with Gasteiger partial charge in [0.25, 0.3) is 11.8 Å². The Balaban J connectivity index is 1.18. The number of hydrogen-bond donors (Lipinski definition) is 2. The topological polar surface area (TPSA) is 83.4 Å². The van der Waals surface area contributed by atoms with Crippen LogP contribution in [0.2, 0.25) is 0 Å². The van der Waals surface area contributed by atoms with Crippen molar-refractivity contribution in [3.63, 3.8) is 0 Å². The molecule has 0 atom stereocenters. The van der Waals surface area contributed by atoms with Crippen molar-refractivity contribution in [2.24, 2.45) is 0 Å². The lowest BCUT2D eigenvalue weighted by atomic mass is 9.89. The summed E-state index contributed by atoms with van der Waals surface area (Å²) in [6.45, 7) is 3.24. The molecular weight excluding hydrogens is 452 g/mol.